The zero-order chi connectivity index (χ0) is 15.5. The third-order valence-electron chi connectivity index (χ3n) is 3.26. The van der Waals surface area contributed by atoms with Crippen molar-refractivity contribution in [1.29, 1.82) is 0 Å². The van der Waals surface area contributed by atoms with Crippen LogP contribution in [0.15, 0.2) is 33.1 Å². The van der Waals surface area contributed by atoms with Crippen molar-refractivity contribution in [2.24, 2.45) is 0 Å². The molecule has 0 spiro atoms. The largest absolute Gasteiger partial charge is 0.451 e. The summed E-state index contributed by atoms with van der Waals surface area (Å²) >= 11 is 8.43. The van der Waals surface area contributed by atoms with Gasteiger partial charge in [-0.15, -0.1) is 10.2 Å². The molecule has 0 saturated heterocycles. The third kappa shape index (κ3) is 3.64. The minimum atomic E-state index is -0.308. The highest BCUT2D eigenvalue weighted by Gasteiger charge is 2.14. The van der Waals surface area contributed by atoms with Crippen LogP contribution in [0.25, 0.3) is 22.6 Å². The van der Waals surface area contributed by atoms with Crippen molar-refractivity contribution in [2.75, 3.05) is 0 Å². The van der Waals surface area contributed by atoms with Crippen LogP contribution in [0, 0.1) is 5.82 Å². The molecule has 0 radical (unpaired) electrons. The maximum Gasteiger partial charge on any atom is 0.283 e. The number of rotatable bonds is 6. The summed E-state index contributed by atoms with van der Waals surface area (Å²) < 4.78 is 24.5. The van der Waals surface area contributed by atoms with E-state index in [0.29, 0.717) is 34.9 Å². The number of hydrogen-bond acceptors (Lipinski definition) is 6. The number of nitrogens with zero attached hydrogens (tertiary/aromatic N) is 2. The average molecular weight is 338 g/mol. The lowest BCUT2D eigenvalue weighted by atomic mass is 10.2. The van der Waals surface area contributed by atoms with Gasteiger partial charge in [-0.3, -0.25) is 0 Å². The van der Waals surface area contributed by atoms with Gasteiger partial charge in [0.1, 0.15) is 11.4 Å². The Morgan fingerprint density at radius 1 is 1.09 bits per heavy atom. The number of benzene rings is 1. The summed E-state index contributed by atoms with van der Waals surface area (Å²) in [6, 6.07) is 6.04. The predicted octanol–water partition coefficient (Wildman–Crippen LogP) is 4.52. The van der Waals surface area contributed by atoms with Crippen LogP contribution < -0.4 is 0 Å². The predicted molar refractivity (Wildman–Crippen MR) is 88.8 cm³/mol. The first-order valence-electron chi connectivity index (χ1n) is 7.00. The molecule has 0 bridgehead atoms. The maximum atomic E-state index is 13.2. The summed E-state index contributed by atoms with van der Waals surface area (Å²) in [4.78, 5) is 0. The lowest BCUT2D eigenvalue weighted by Gasteiger charge is -2.00. The maximum absolute atomic E-state index is 13.2. The first-order valence-corrected chi connectivity index (χ1v) is 8.03. The van der Waals surface area contributed by atoms with E-state index < -0.39 is 0 Å². The fourth-order valence-corrected chi connectivity index (χ4v) is 2.54. The fourth-order valence-electron chi connectivity index (χ4n) is 2.18. The first-order chi connectivity index (χ1) is 10.6. The van der Waals surface area contributed by atoms with Gasteiger partial charge in [-0.2, -0.15) is 25.3 Å². The molecule has 116 valence electrons. The molecule has 0 aliphatic heterocycles. The van der Waals surface area contributed by atoms with E-state index in [1.54, 1.807) is 12.1 Å². The summed E-state index contributed by atoms with van der Waals surface area (Å²) in [7, 11) is 0. The van der Waals surface area contributed by atoms with Crippen molar-refractivity contribution in [2.45, 2.75) is 30.3 Å². The van der Waals surface area contributed by atoms with Crippen LogP contribution in [0.1, 0.15) is 25.2 Å². The lowest BCUT2D eigenvalue weighted by molar-refractivity contribution is 0.476. The van der Waals surface area contributed by atoms with Gasteiger partial charge in [-0.05, 0) is 37.1 Å². The van der Waals surface area contributed by atoms with Crippen LogP contribution in [0.4, 0.5) is 4.39 Å². The number of furan rings is 1. The van der Waals surface area contributed by atoms with Gasteiger partial charge >= 0.3 is 0 Å². The quantitative estimate of drug-likeness (QED) is 0.394. The Morgan fingerprint density at radius 2 is 1.95 bits per heavy atom. The Bertz CT molecular complexity index is 770. The molecule has 0 aliphatic rings. The monoisotopic (exact) mass is 338 g/mol. The Kier molecular flexibility index (Phi) is 4.73. The Balaban J connectivity index is 1.69. The van der Waals surface area contributed by atoms with E-state index in [9.17, 15) is 4.39 Å². The molecule has 3 aromatic rings. The number of thiol groups is 2. The van der Waals surface area contributed by atoms with Crippen LogP contribution in [0.2, 0.25) is 0 Å². The molecule has 0 saturated carbocycles. The van der Waals surface area contributed by atoms with E-state index in [1.165, 1.54) is 12.1 Å². The van der Waals surface area contributed by atoms with Gasteiger partial charge in [0, 0.05) is 16.4 Å². The molecule has 1 aromatic carbocycles. The molecule has 0 unspecified atom stereocenters. The van der Waals surface area contributed by atoms with Crippen molar-refractivity contribution in [3.63, 3.8) is 0 Å². The molecular weight excluding hydrogens is 323 g/mol. The van der Waals surface area contributed by atoms with Crippen molar-refractivity contribution in [3.05, 3.63) is 36.0 Å². The van der Waals surface area contributed by atoms with Crippen molar-refractivity contribution >= 4 is 36.2 Å². The minimum absolute atomic E-state index is 0.106. The van der Waals surface area contributed by atoms with E-state index in [-0.39, 0.29) is 10.4 Å². The summed E-state index contributed by atoms with van der Waals surface area (Å²) in [5.74, 6) is 1.02. The molecule has 7 heteroatoms. The van der Waals surface area contributed by atoms with E-state index in [2.05, 4.69) is 35.5 Å². The summed E-state index contributed by atoms with van der Waals surface area (Å²) in [6.07, 6.45) is 3.57. The minimum Gasteiger partial charge on any atom is -0.451 e. The highest BCUT2D eigenvalue weighted by atomic mass is 32.2. The topological polar surface area (TPSA) is 52.1 Å². The van der Waals surface area contributed by atoms with Gasteiger partial charge in [-0.25, -0.2) is 4.39 Å². The molecule has 0 aliphatic carbocycles. The number of hydrogen-bond donors (Lipinski definition) is 2. The average Bonchev–Trinajstić information content (AvgIpc) is 3.09. The second-order valence-electron chi connectivity index (χ2n) is 5.02. The van der Waals surface area contributed by atoms with E-state index in [0.717, 1.165) is 19.3 Å². The number of unbranched alkanes of at least 4 members (excludes halogenated alkanes) is 1. The Hall–Kier alpha value is -1.47. The number of halogens is 1. The van der Waals surface area contributed by atoms with E-state index in [4.69, 9.17) is 8.83 Å². The van der Waals surface area contributed by atoms with Gasteiger partial charge in [0.2, 0.25) is 5.89 Å². The van der Waals surface area contributed by atoms with Crippen LogP contribution in [-0.2, 0) is 6.42 Å². The summed E-state index contributed by atoms with van der Waals surface area (Å²) in [5, 5.41) is 8.66. The highest BCUT2D eigenvalue weighted by molar-refractivity contribution is 7.99. The van der Waals surface area contributed by atoms with Gasteiger partial charge in [0.25, 0.3) is 5.89 Å². The van der Waals surface area contributed by atoms with Gasteiger partial charge in [-0.1, -0.05) is 6.42 Å². The summed E-state index contributed by atoms with van der Waals surface area (Å²) in [5.41, 5.74) is 0.588. The van der Waals surface area contributed by atoms with E-state index in [1.807, 2.05) is 0 Å². The van der Waals surface area contributed by atoms with Gasteiger partial charge in [0.05, 0.1) is 0 Å². The Labute approximate surface area is 137 Å². The van der Waals surface area contributed by atoms with Gasteiger partial charge in [0.15, 0.2) is 5.76 Å². The van der Waals surface area contributed by atoms with Crippen LogP contribution in [-0.4, -0.2) is 14.8 Å². The third-order valence-corrected chi connectivity index (χ3v) is 3.78. The molecular formula is C15H15FN2O2S2. The molecule has 0 atom stereocenters. The highest BCUT2D eigenvalue weighted by Crippen LogP contribution is 2.27. The summed E-state index contributed by atoms with van der Waals surface area (Å²) in [6.45, 7) is 0. The number of aryl methyl sites for hydroxylation is 1. The van der Waals surface area contributed by atoms with E-state index >= 15 is 0 Å². The zero-order valence-electron chi connectivity index (χ0n) is 11.7. The first kappa shape index (κ1) is 15.4. The van der Waals surface area contributed by atoms with Crippen LogP contribution in [0.3, 0.4) is 0 Å². The SMILES string of the molecule is Fc1ccc2oc(-c3nnc(CCCCC(S)S)o3)cc2c1. The van der Waals surface area contributed by atoms with Gasteiger partial charge < -0.3 is 8.83 Å². The zero-order valence-corrected chi connectivity index (χ0v) is 13.5. The molecule has 2 aromatic heterocycles. The lowest BCUT2D eigenvalue weighted by Crippen LogP contribution is -1.90. The molecule has 4 nitrogen and oxygen atoms in total. The molecule has 0 N–H and O–H groups in total. The number of fused-ring (bicyclic) bond motifs is 1. The molecule has 3 rings (SSSR count). The fraction of sp³-hybridized carbons (Fsp3) is 0.333. The smallest absolute Gasteiger partial charge is 0.283 e. The van der Waals surface area contributed by atoms with Crippen molar-refractivity contribution < 1.29 is 13.2 Å². The van der Waals surface area contributed by atoms with Crippen molar-refractivity contribution in [1.82, 2.24) is 10.2 Å². The molecule has 22 heavy (non-hydrogen) atoms. The Morgan fingerprint density at radius 3 is 2.77 bits per heavy atom. The molecule has 2 heterocycles. The second-order valence-corrected chi connectivity index (χ2v) is 6.67. The standard InChI is InChI=1S/C15H15FN2O2S2/c16-10-5-6-11-9(7-10)8-12(19-11)15-18-17-13(20-15)3-1-2-4-14(21)22/h5-8,14,21-22H,1-4H2. The molecule has 0 amide bonds. The van der Waals surface area contributed by atoms with Crippen LogP contribution in [0.5, 0.6) is 0 Å². The van der Waals surface area contributed by atoms with Crippen molar-refractivity contribution in [3.8, 4) is 11.7 Å². The number of aromatic nitrogens is 2. The molecule has 0 fully saturated rings. The normalized spacial score (nSPS) is 11.6. The second kappa shape index (κ2) is 6.75. The van der Waals surface area contributed by atoms with Crippen LogP contribution >= 0.6 is 25.3 Å².